The summed E-state index contributed by atoms with van der Waals surface area (Å²) in [5.74, 6) is 0.793. The van der Waals surface area contributed by atoms with E-state index in [-0.39, 0.29) is 5.91 Å². The van der Waals surface area contributed by atoms with Crippen LogP contribution in [0.1, 0.15) is 15.3 Å². The average molecular weight is 370 g/mol. The van der Waals surface area contributed by atoms with Crippen LogP contribution in [0.25, 0.3) is 6.08 Å². The molecule has 5 heteroatoms. The molecule has 0 aliphatic carbocycles. The van der Waals surface area contributed by atoms with Crippen molar-refractivity contribution < 1.29 is 9.53 Å². The molecule has 0 spiro atoms. The lowest BCUT2D eigenvalue weighted by molar-refractivity contribution is -0.127. The molecule has 0 radical (unpaired) electrons. The van der Waals surface area contributed by atoms with Crippen LogP contribution >= 0.6 is 22.7 Å². The normalized spacial score (nSPS) is 10.9. The van der Waals surface area contributed by atoms with Crippen molar-refractivity contribution in [2.45, 2.75) is 13.1 Å². The Morgan fingerprint density at radius 1 is 1.04 bits per heavy atom. The van der Waals surface area contributed by atoms with Crippen molar-refractivity contribution in [3.63, 3.8) is 0 Å². The minimum absolute atomic E-state index is 0.00675. The second-order valence-corrected chi connectivity index (χ2v) is 7.45. The standard InChI is InChI=1S/C20H19NO2S2/c1-23-19-9-3-2-6-16(19)14-21(15-18-8-5-13-25-18)20(22)11-10-17-7-4-12-24-17/h2-13H,14-15H2,1H3/b11-10+. The van der Waals surface area contributed by atoms with Gasteiger partial charge < -0.3 is 9.64 Å². The number of thiophene rings is 2. The number of hydrogen-bond acceptors (Lipinski definition) is 4. The Bertz CT molecular complexity index is 823. The maximum atomic E-state index is 12.8. The molecule has 128 valence electrons. The Morgan fingerprint density at radius 3 is 2.56 bits per heavy atom. The number of nitrogens with zero attached hydrogens (tertiary/aromatic N) is 1. The van der Waals surface area contributed by atoms with Gasteiger partial charge in [-0.3, -0.25) is 4.79 Å². The second-order valence-electron chi connectivity index (χ2n) is 5.43. The molecule has 0 aliphatic rings. The van der Waals surface area contributed by atoms with Crippen molar-refractivity contribution in [3.8, 4) is 5.75 Å². The van der Waals surface area contributed by atoms with Crippen molar-refractivity contribution in [1.29, 1.82) is 0 Å². The molecule has 1 amide bonds. The first-order valence-electron chi connectivity index (χ1n) is 7.91. The molecule has 0 saturated carbocycles. The van der Waals surface area contributed by atoms with Crippen LogP contribution in [0.5, 0.6) is 5.75 Å². The van der Waals surface area contributed by atoms with E-state index in [4.69, 9.17) is 4.74 Å². The van der Waals surface area contributed by atoms with E-state index in [1.807, 2.05) is 64.2 Å². The van der Waals surface area contributed by atoms with Crippen molar-refractivity contribution in [3.05, 3.63) is 80.7 Å². The van der Waals surface area contributed by atoms with Crippen LogP contribution in [0.3, 0.4) is 0 Å². The lowest BCUT2D eigenvalue weighted by atomic mass is 10.2. The van der Waals surface area contributed by atoms with E-state index >= 15 is 0 Å². The van der Waals surface area contributed by atoms with Gasteiger partial charge in [-0.2, -0.15) is 0 Å². The predicted octanol–water partition coefficient (Wildman–Crippen LogP) is 5.06. The number of ether oxygens (including phenoxy) is 1. The van der Waals surface area contributed by atoms with Gasteiger partial charge in [0.2, 0.25) is 5.91 Å². The summed E-state index contributed by atoms with van der Waals surface area (Å²) in [5.41, 5.74) is 0.999. The number of amides is 1. The highest BCUT2D eigenvalue weighted by molar-refractivity contribution is 7.10. The third-order valence-corrected chi connectivity index (χ3v) is 5.42. The zero-order valence-corrected chi connectivity index (χ0v) is 15.6. The zero-order valence-electron chi connectivity index (χ0n) is 13.9. The molecule has 0 bridgehead atoms. The van der Waals surface area contributed by atoms with Gasteiger partial charge in [-0.1, -0.05) is 30.3 Å². The topological polar surface area (TPSA) is 29.5 Å². The van der Waals surface area contributed by atoms with E-state index < -0.39 is 0 Å². The summed E-state index contributed by atoms with van der Waals surface area (Å²) in [6, 6.07) is 15.9. The Balaban J connectivity index is 1.80. The van der Waals surface area contributed by atoms with Crippen LogP contribution in [-0.2, 0) is 17.9 Å². The summed E-state index contributed by atoms with van der Waals surface area (Å²) in [7, 11) is 1.65. The van der Waals surface area contributed by atoms with Gasteiger partial charge >= 0.3 is 0 Å². The molecule has 0 N–H and O–H groups in total. The fourth-order valence-electron chi connectivity index (χ4n) is 2.49. The minimum atomic E-state index is -0.00675. The van der Waals surface area contributed by atoms with E-state index in [0.29, 0.717) is 13.1 Å². The molecule has 2 aromatic heterocycles. The molecule has 0 unspecified atom stereocenters. The van der Waals surface area contributed by atoms with Gasteiger partial charge in [-0.05, 0) is 35.0 Å². The van der Waals surface area contributed by atoms with Crippen LogP contribution in [0.2, 0.25) is 0 Å². The number of benzene rings is 1. The Kier molecular flexibility index (Phi) is 6.04. The van der Waals surface area contributed by atoms with Gasteiger partial charge in [-0.25, -0.2) is 0 Å². The molecule has 3 nitrogen and oxygen atoms in total. The van der Waals surface area contributed by atoms with E-state index in [0.717, 1.165) is 21.1 Å². The third kappa shape index (κ3) is 4.81. The molecule has 1 aromatic carbocycles. The van der Waals surface area contributed by atoms with Crippen LogP contribution < -0.4 is 4.74 Å². The maximum absolute atomic E-state index is 12.8. The van der Waals surface area contributed by atoms with Gasteiger partial charge in [0.25, 0.3) is 0 Å². The molecule has 0 atom stereocenters. The lowest BCUT2D eigenvalue weighted by Crippen LogP contribution is -2.28. The first-order chi connectivity index (χ1) is 12.3. The van der Waals surface area contributed by atoms with Crippen molar-refractivity contribution >= 4 is 34.7 Å². The third-order valence-electron chi connectivity index (χ3n) is 3.73. The van der Waals surface area contributed by atoms with Crippen molar-refractivity contribution in [2.24, 2.45) is 0 Å². The maximum Gasteiger partial charge on any atom is 0.247 e. The monoisotopic (exact) mass is 369 g/mol. The summed E-state index contributed by atoms with van der Waals surface area (Å²) >= 11 is 3.27. The van der Waals surface area contributed by atoms with E-state index in [1.54, 1.807) is 35.9 Å². The second kappa shape index (κ2) is 8.65. The van der Waals surface area contributed by atoms with E-state index in [1.165, 1.54) is 0 Å². The van der Waals surface area contributed by atoms with Gasteiger partial charge in [0.15, 0.2) is 0 Å². The SMILES string of the molecule is COc1ccccc1CN(Cc1cccs1)C(=O)/C=C/c1cccs1. The van der Waals surface area contributed by atoms with Crippen LogP contribution in [-0.4, -0.2) is 17.9 Å². The summed E-state index contributed by atoms with van der Waals surface area (Å²) < 4.78 is 5.43. The quantitative estimate of drug-likeness (QED) is 0.545. The average Bonchev–Trinajstić information content (AvgIpc) is 3.33. The largest absolute Gasteiger partial charge is 0.496 e. The summed E-state index contributed by atoms with van der Waals surface area (Å²) in [6.07, 6.45) is 3.52. The first kappa shape index (κ1) is 17.5. The fourth-order valence-corrected chi connectivity index (χ4v) is 3.82. The zero-order chi connectivity index (χ0) is 17.5. The fraction of sp³-hybridized carbons (Fsp3) is 0.150. The van der Waals surface area contributed by atoms with Crippen LogP contribution in [0.15, 0.2) is 65.4 Å². The summed E-state index contributed by atoms with van der Waals surface area (Å²) in [6.45, 7) is 1.10. The highest BCUT2D eigenvalue weighted by Gasteiger charge is 2.15. The Hall–Kier alpha value is -2.37. The molecule has 0 fully saturated rings. The van der Waals surface area contributed by atoms with Gasteiger partial charge in [-0.15, -0.1) is 22.7 Å². The number of carbonyl (C=O) groups excluding carboxylic acids is 1. The van der Waals surface area contributed by atoms with Crippen LogP contribution in [0, 0.1) is 0 Å². The highest BCUT2D eigenvalue weighted by atomic mass is 32.1. The molecule has 25 heavy (non-hydrogen) atoms. The highest BCUT2D eigenvalue weighted by Crippen LogP contribution is 2.22. The molecule has 0 aliphatic heterocycles. The Labute approximate surface area is 155 Å². The van der Waals surface area contributed by atoms with E-state index in [9.17, 15) is 4.79 Å². The lowest BCUT2D eigenvalue weighted by Gasteiger charge is -2.22. The predicted molar refractivity (Wildman–Crippen MR) is 105 cm³/mol. The first-order valence-corrected chi connectivity index (χ1v) is 9.67. The number of hydrogen-bond donors (Lipinski definition) is 0. The molecule has 3 rings (SSSR count). The Morgan fingerprint density at radius 2 is 1.84 bits per heavy atom. The van der Waals surface area contributed by atoms with Gasteiger partial charge in [0.05, 0.1) is 13.7 Å². The number of rotatable bonds is 7. The van der Waals surface area contributed by atoms with Crippen LogP contribution in [0.4, 0.5) is 0 Å². The molecule has 2 heterocycles. The van der Waals surface area contributed by atoms with Gasteiger partial charge in [0.1, 0.15) is 5.75 Å². The molecular weight excluding hydrogens is 350 g/mol. The number of carbonyl (C=O) groups is 1. The number of methoxy groups -OCH3 is 1. The van der Waals surface area contributed by atoms with Crippen molar-refractivity contribution in [2.75, 3.05) is 7.11 Å². The van der Waals surface area contributed by atoms with Crippen molar-refractivity contribution in [1.82, 2.24) is 4.90 Å². The smallest absolute Gasteiger partial charge is 0.247 e. The van der Waals surface area contributed by atoms with E-state index in [2.05, 4.69) is 6.07 Å². The molecular formula is C20H19NO2S2. The summed E-state index contributed by atoms with van der Waals surface area (Å²) in [4.78, 5) is 16.8. The number of para-hydroxylation sites is 1. The molecule has 0 saturated heterocycles. The molecule has 3 aromatic rings. The summed E-state index contributed by atoms with van der Waals surface area (Å²) in [5, 5.41) is 4.03. The van der Waals surface area contributed by atoms with Gasteiger partial charge in [0, 0.05) is 27.9 Å². The minimum Gasteiger partial charge on any atom is -0.496 e.